The van der Waals surface area contributed by atoms with Crippen LogP contribution in [0, 0.1) is 39.8 Å². The molecule has 402 valence electrons. The second kappa shape index (κ2) is 28.2. The first-order valence-electron chi connectivity index (χ1n) is 25.1. The molecule has 4 aromatic heterocycles. The van der Waals surface area contributed by atoms with Crippen molar-refractivity contribution < 1.29 is 60.0 Å². The molecule has 6 nitrogen and oxygen atoms in total. The second-order valence-corrected chi connectivity index (χ2v) is 22.2. The largest absolute Gasteiger partial charge is 0.512 e. The van der Waals surface area contributed by atoms with Gasteiger partial charge in [-0.15, -0.1) is 93.5 Å². The summed E-state index contributed by atoms with van der Waals surface area (Å²) in [6.07, 6.45) is 6.32. The summed E-state index contributed by atoms with van der Waals surface area (Å²) in [4.78, 5) is 32.1. The minimum absolute atomic E-state index is 0. The van der Waals surface area contributed by atoms with Gasteiger partial charge in [-0.2, -0.15) is 0 Å². The SMILES string of the molecule is CC(=O)C=C(C)O.CC(=O)C=C(C)O.Cc1cc(C(C)(C)C)cc(C)c1-c1cc2cnc(-c3[c-]ccc(-c4ccccc4)c3)cc2s1.Cc1cc(C)cc(-c2cc3cnc(-c4[c-]ccc(-c5ccccc5)c4)cc3s2)c1.[Ir].[Ir]. The van der Waals surface area contributed by atoms with E-state index in [1.54, 1.807) is 0 Å². The Morgan fingerprint density at radius 3 is 1.29 bits per heavy atom. The molecular weight excluding hydrogens is 1360 g/mol. The van der Waals surface area contributed by atoms with Crippen LogP contribution in [0.4, 0.5) is 0 Å². The first kappa shape index (κ1) is 62.1. The van der Waals surface area contributed by atoms with Gasteiger partial charge in [0.25, 0.3) is 0 Å². The summed E-state index contributed by atoms with van der Waals surface area (Å²) in [5.74, 6) is -0.125. The van der Waals surface area contributed by atoms with Crippen LogP contribution in [0.5, 0.6) is 0 Å². The number of aromatic nitrogens is 2. The smallest absolute Gasteiger partial charge is 0.155 e. The first-order valence-corrected chi connectivity index (χ1v) is 26.7. The van der Waals surface area contributed by atoms with Crippen LogP contribution >= 0.6 is 22.7 Å². The molecule has 6 aromatic carbocycles. The Balaban J connectivity index is 0.000000228. The molecule has 4 heterocycles. The molecule has 0 aliphatic carbocycles. The number of hydrogen-bond acceptors (Lipinski definition) is 8. The Bertz CT molecular complexity index is 3660. The molecule has 10 aromatic rings. The van der Waals surface area contributed by atoms with Gasteiger partial charge in [0, 0.05) is 94.7 Å². The van der Waals surface area contributed by atoms with Crippen LogP contribution in [-0.2, 0) is 55.2 Å². The van der Waals surface area contributed by atoms with Crippen LogP contribution in [-0.4, -0.2) is 31.7 Å². The van der Waals surface area contributed by atoms with Crippen LogP contribution < -0.4 is 0 Å². The number of aliphatic hydroxyl groups is 2. The molecule has 0 amide bonds. The molecule has 0 saturated heterocycles. The van der Waals surface area contributed by atoms with Crippen molar-refractivity contribution in [3.8, 4) is 65.6 Å². The summed E-state index contributed by atoms with van der Waals surface area (Å²) in [6.45, 7) is 21.3. The van der Waals surface area contributed by atoms with E-state index in [4.69, 9.17) is 20.2 Å². The molecule has 2 radical (unpaired) electrons. The number of nitrogens with zero attached hydrogens (tertiary/aromatic N) is 2. The van der Waals surface area contributed by atoms with Gasteiger partial charge in [0.05, 0.1) is 11.5 Å². The molecule has 0 atom stereocenters. The number of hydrogen-bond donors (Lipinski definition) is 2. The fraction of sp³-hybridized carbons (Fsp3) is 0.176. The van der Waals surface area contributed by atoms with E-state index in [1.165, 1.54) is 131 Å². The fourth-order valence-corrected chi connectivity index (χ4v) is 11.1. The van der Waals surface area contributed by atoms with Gasteiger partial charge < -0.3 is 20.2 Å². The van der Waals surface area contributed by atoms with Crippen LogP contribution in [0.15, 0.2) is 188 Å². The summed E-state index contributed by atoms with van der Waals surface area (Å²) in [7, 11) is 0. The van der Waals surface area contributed by atoms with Crippen molar-refractivity contribution in [3.63, 3.8) is 0 Å². The molecular formula is C68H64Ir2N2O4S2-2. The van der Waals surface area contributed by atoms with E-state index in [2.05, 4.69) is 188 Å². The van der Waals surface area contributed by atoms with Crippen molar-refractivity contribution in [2.24, 2.45) is 0 Å². The number of rotatable bonds is 8. The summed E-state index contributed by atoms with van der Waals surface area (Å²) < 4.78 is 2.51. The van der Waals surface area contributed by atoms with Gasteiger partial charge in [-0.25, -0.2) is 0 Å². The van der Waals surface area contributed by atoms with Crippen LogP contribution in [0.3, 0.4) is 0 Å². The number of carbonyl (C=O) groups excluding carboxylic acids is 2. The van der Waals surface area contributed by atoms with Crippen LogP contribution in [0.25, 0.3) is 85.8 Å². The Morgan fingerprint density at radius 2 is 0.910 bits per heavy atom. The third kappa shape index (κ3) is 17.1. The molecule has 0 bridgehead atoms. The minimum Gasteiger partial charge on any atom is -0.512 e. The van der Waals surface area contributed by atoms with E-state index in [0.29, 0.717) is 0 Å². The van der Waals surface area contributed by atoms with Crippen molar-refractivity contribution in [1.29, 1.82) is 0 Å². The maximum atomic E-state index is 10.0. The van der Waals surface area contributed by atoms with Crippen molar-refractivity contribution in [1.82, 2.24) is 9.97 Å². The number of pyridine rings is 2. The average Bonchev–Trinajstić information content (AvgIpc) is 4.00. The van der Waals surface area contributed by atoms with Gasteiger partial charge in [0.15, 0.2) is 11.6 Å². The first-order chi connectivity index (χ1) is 36.2. The molecule has 0 fully saturated rings. The topological polar surface area (TPSA) is 100 Å². The van der Waals surface area contributed by atoms with E-state index < -0.39 is 0 Å². The normalized spacial score (nSPS) is 11.2. The predicted octanol–water partition coefficient (Wildman–Crippen LogP) is 18.8. The Morgan fingerprint density at radius 1 is 0.500 bits per heavy atom. The van der Waals surface area contributed by atoms with E-state index in [-0.39, 0.29) is 68.7 Å². The number of carbonyl (C=O) groups is 2. The average molecular weight is 1420 g/mol. The number of thiophene rings is 2. The quantitative estimate of drug-likeness (QED) is 0.0893. The molecule has 10 rings (SSSR count). The number of allylic oxidation sites excluding steroid dienone is 4. The zero-order chi connectivity index (χ0) is 54.7. The molecule has 2 N–H and O–H groups in total. The molecule has 0 unspecified atom stereocenters. The van der Waals surface area contributed by atoms with Gasteiger partial charge >= 0.3 is 0 Å². The maximum absolute atomic E-state index is 10.0. The molecule has 0 aliphatic rings. The molecule has 78 heavy (non-hydrogen) atoms. The molecule has 0 saturated carbocycles. The number of aliphatic hydroxyl groups excluding tert-OH is 2. The van der Waals surface area contributed by atoms with Crippen LogP contribution in [0.2, 0.25) is 0 Å². The standard InChI is InChI=1S/C31H28NS.C27H20NS.2C5H8O2.2Ir/c1-20-14-26(31(3,4)5)15-21(2)30(20)29-17-25-19-32-27(18-28(25)33-29)24-13-9-12-23(16-24)22-10-7-6-8-11-22;1-18-11-19(2)13-23(12-18)26-15-24-17-28-25(16-27(24)29-26)22-10-6-9-21(14-22)20-7-4-3-5-8-20;2*1-4(6)3-5(2)7;;/h6-12,14-19H,1-5H3;3-9,11-17H,1-2H3;2*3,6H,1-2H3;;/q2*-1;;;;. The second-order valence-electron chi connectivity index (χ2n) is 20.1. The fourth-order valence-electron chi connectivity index (χ4n) is 8.77. The van der Waals surface area contributed by atoms with Gasteiger partial charge in [0.1, 0.15) is 0 Å². The van der Waals surface area contributed by atoms with Crippen molar-refractivity contribution >= 4 is 54.4 Å². The summed E-state index contributed by atoms with van der Waals surface area (Å²) in [5.41, 5.74) is 18.2. The number of fused-ring (bicyclic) bond motifs is 2. The van der Waals surface area contributed by atoms with Gasteiger partial charge in [-0.05, 0) is 123 Å². The summed E-state index contributed by atoms with van der Waals surface area (Å²) in [5, 5.41) is 19.1. The third-order valence-corrected chi connectivity index (χ3v) is 14.4. The summed E-state index contributed by atoms with van der Waals surface area (Å²) in [6, 6.07) is 60.5. The number of benzene rings is 6. The Labute approximate surface area is 495 Å². The molecule has 10 heteroatoms. The molecule has 0 aliphatic heterocycles. The molecule has 0 spiro atoms. The number of ketones is 2. The zero-order valence-electron chi connectivity index (χ0n) is 45.8. The Hall–Kier alpha value is -6.74. The van der Waals surface area contributed by atoms with Gasteiger partial charge in [-0.1, -0.05) is 135 Å². The van der Waals surface area contributed by atoms with E-state index >= 15 is 0 Å². The van der Waals surface area contributed by atoms with Crippen molar-refractivity contribution in [3.05, 3.63) is 228 Å². The summed E-state index contributed by atoms with van der Waals surface area (Å²) >= 11 is 3.67. The number of aryl methyl sites for hydroxylation is 4. The van der Waals surface area contributed by atoms with E-state index in [1.807, 2.05) is 59.3 Å². The monoisotopic (exact) mass is 1420 g/mol. The maximum Gasteiger partial charge on any atom is 0.155 e. The predicted molar refractivity (Wildman–Crippen MR) is 321 cm³/mol. The van der Waals surface area contributed by atoms with E-state index in [0.717, 1.165) is 22.5 Å². The van der Waals surface area contributed by atoms with Crippen LogP contribution in [0.1, 0.15) is 76.3 Å². The van der Waals surface area contributed by atoms with E-state index in [9.17, 15) is 9.59 Å². The zero-order valence-corrected chi connectivity index (χ0v) is 52.3. The third-order valence-electron chi connectivity index (χ3n) is 12.1. The van der Waals surface area contributed by atoms with Gasteiger partial charge in [0.2, 0.25) is 0 Å². The van der Waals surface area contributed by atoms with Crippen molar-refractivity contribution in [2.75, 3.05) is 0 Å². The minimum atomic E-state index is -0.125. The van der Waals surface area contributed by atoms with Crippen molar-refractivity contribution in [2.45, 2.75) is 81.6 Å². The van der Waals surface area contributed by atoms with Gasteiger partial charge in [-0.3, -0.25) is 9.59 Å². The Kier molecular flexibility index (Phi) is 22.5.